The van der Waals surface area contributed by atoms with Crippen LogP contribution in [0.5, 0.6) is 5.75 Å². The molecule has 10 heteroatoms. The largest absolute Gasteiger partial charge is 0.495 e. The molecular weight excluding hydrogens is 457 g/mol. The van der Waals surface area contributed by atoms with Gasteiger partial charge in [-0.15, -0.1) is 11.3 Å². The number of amides is 1. The molecule has 1 amide bonds. The maximum Gasteiger partial charge on any atom is 0.332 e. The highest BCUT2D eigenvalue weighted by molar-refractivity contribution is 7.17. The van der Waals surface area contributed by atoms with Crippen LogP contribution in [0.1, 0.15) is 5.56 Å². The van der Waals surface area contributed by atoms with Crippen LogP contribution in [0.4, 0.5) is 10.1 Å². The highest BCUT2D eigenvalue weighted by Crippen LogP contribution is 2.27. The SMILES string of the molecule is COc1ccc(Cl)cc1NC(=O)Cn1c(=O)n(Cc2ccc(F)cc2)c(=O)c2sccc21. The summed E-state index contributed by atoms with van der Waals surface area (Å²) in [7, 11) is 1.46. The van der Waals surface area contributed by atoms with Gasteiger partial charge in [0.25, 0.3) is 5.56 Å². The molecule has 0 saturated heterocycles. The minimum atomic E-state index is -0.640. The van der Waals surface area contributed by atoms with E-state index in [2.05, 4.69) is 5.32 Å². The van der Waals surface area contributed by atoms with Crippen molar-refractivity contribution in [1.82, 2.24) is 9.13 Å². The molecule has 4 rings (SSSR count). The first-order chi connectivity index (χ1) is 15.4. The quantitative estimate of drug-likeness (QED) is 0.463. The maximum atomic E-state index is 13.2. The predicted octanol–water partition coefficient (Wildman–Crippen LogP) is 3.71. The lowest BCUT2D eigenvalue weighted by Gasteiger charge is -2.14. The van der Waals surface area contributed by atoms with Crippen LogP contribution in [0.2, 0.25) is 5.02 Å². The summed E-state index contributed by atoms with van der Waals surface area (Å²) in [5.74, 6) is -0.496. The molecule has 2 heterocycles. The first-order valence-electron chi connectivity index (χ1n) is 9.46. The zero-order valence-corrected chi connectivity index (χ0v) is 18.4. The Labute approximate surface area is 190 Å². The second-order valence-electron chi connectivity index (χ2n) is 6.91. The Morgan fingerprint density at radius 3 is 2.59 bits per heavy atom. The normalized spacial score (nSPS) is 11.0. The van der Waals surface area contributed by atoms with Crippen LogP contribution < -0.4 is 21.3 Å². The highest BCUT2D eigenvalue weighted by atomic mass is 35.5. The van der Waals surface area contributed by atoms with Crippen LogP contribution in [0, 0.1) is 5.82 Å². The number of fused-ring (bicyclic) bond motifs is 1. The molecule has 164 valence electrons. The molecule has 1 N–H and O–H groups in total. The molecule has 0 aliphatic heterocycles. The number of benzene rings is 2. The summed E-state index contributed by atoms with van der Waals surface area (Å²) < 4.78 is 21.1. The van der Waals surface area contributed by atoms with Gasteiger partial charge in [0, 0.05) is 5.02 Å². The Kier molecular flexibility index (Phi) is 6.11. The molecule has 0 atom stereocenters. The van der Waals surface area contributed by atoms with Gasteiger partial charge in [0.2, 0.25) is 5.91 Å². The second kappa shape index (κ2) is 8.97. The van der Waals surface area contributed by atoms with Gasteiger partial charge in [-0.25, -0.2) is 9.18 Å². The number of nitrogens with one attached hydrogen (secondary N) is 1. The fraction of sp³-hybridized carbons (Fsp3) is 0.136. The summed E-state index contributed by atoms with van der Waals surface area (Å²) in [6.45, 7) is -0.374. The summed E-state index contributed by atoms with van der Waals surface area (Å²) in [6, 6.07) is 11.9. The summed E-state index contributed by atoms with van der Waals surface area (Å²) in [6.07, 6.45) is 0. The van der Waals surface area contributed by atoms with E-state index in [1.807, 2.05) is 0 Å². The zero-order chi connectivity index (χ0) is 22.8. The van der Waals surface area contributed by atoms with Crippen LogP contribution in [-0.4, -0.2) is 22.2 Å². The Balaban J connectivity index is 1.71. The van der Waals surface area contributed by atoms with E-state index in [-0.39, 0.29) is 13.1 Å². The van der Waals surface area contributed by atoms with Crippen molar-refractivity contribution in [3.8, 4) is 5.75 Å². The lowest BCUT2D eigenvalue weighted by atomic mass is 10.2. The van der Waals surface area contributed by atoms with Crippen molar-refractivity contribution < 1.29 is 13.9 Å². The molecule has 4 aromatic rings. The zero-order valence-electron chi connectivity index (χ0n) is 16.8. The van der Waals surface area contributed by atoms with Gasteiger partial charge in [-0.3, -0.25) is 18.7 Å². The number of hydrogen-bond acceptors (Lipinski definition) is 5. The third-order valence-electron chi connectivity index (χ3n) is 4.83. The molecule has 0 saturated carbocycles. The van der Waals surface area contributed by atoms with E-state index in [0.717, 1.165) is 4.57 Å². The number of rotatable bonds is 6. The van der Waals surface area contributed by atoms with Gasteiger partial charge in [-0.2, -0.15) is 0 Å². The Hall–Kier alpha value is -3.43. The number of nitrogens with zero attached hydrogens (tertiary/aromatic N) is 2. The van der Waals surface area contributed by atoms with Crippen LogP contribution in [0.3, 0.4) is 0 Å². The minimum absolute atomic E-state index is 0.0461. The number of aromatic nitrogens is 2. The van der Waals surface area contributed by atoms with Crippen molar-refractivity contribution in [2.45, 2.75) is 13.1 Å². The van der Waals surface area contributed by atoms with Gasteiger partial charge in [-0.05, 0) is 47.3 Å². The minimum Gasteiger partial charge on any atom is -0.495 e. The number of thiophene rings is 1. The monoisotopic (exact) mass is 473 g/mol. The summed E-state index contributed by atoms with van der Waals surface area (Å²) >= 11 is 7.19. The van der Waals surface area contributed by atoms with Crippen molar-refractivity contribution in [2.24, 2.45) is 0 Å². The summed E-state index contributed by atoms with van der Waals surface area (Å²) in [5, 5.41) is 4.78. The van der Waals surface area contributed by atoms with Crippen LogP contribution in [0.15, 0.2) is 63.5 Å². The van der Waals surface area contributed by atoms with Gasteiger partial charge < -0.3 is 10.1 Å². The van der Waals surface area contributed by atoms with Crippen molar-refractivity contribution >= 4 is 44.7 Å². The molecule has 2 aromatic carbocycles. The molecule has 0 fully saturated rings. The van der Waals surface area contributed by atoms with E-state index < -0.39 is 23.0 Å². The average molecular weight is 474 g/mol. The molecule has 2 aromatic heterocycles. The first-order valence-corrected chi connectivity index (χ1v) is 10.7. The topological polar surface area (TPSA) is 82.3 Å². The molecule has 0 aliphatic carbocycles. The lowest BCUT2D eigenvalue weighted by molar-refractivity contribution is -0.116. The van der Waals surface area contributed by atoms with Crippen molar-refractivity contribution in [2.75, 3.05) is 12.4 Å². The molecule has 0 aliphatic rings. The third-order valence-corrected chi connectivity index (χ3v) is 5.95. The summed E-state index contributed by atoms with van der Waals surface area (Å²) in [4.78, 5) is 38.8. The number of anilines is 1. The fourth-order valence-corrected chi connectivity index (χ4v) is 4.32. The number of halogens is 2. The molecule has 0 spiro atoms. The Morgan fingerprint density at radius 2 is 1.88 bits per heavy atom. The van der Waals surface area contributed by atoms with Gasteiger partial charge in [0.15, 0.2) is 0 Å². The number of carbonyl (C=O) groups excluding carboxylic acids is 1. The van der Waals surface area contributed by atoms with E-state index in [1.165, 1.54) is 53.3 Å². The van der Waals surface area contributed by atoms with Gasteiger partial charge >= 0.3 is 5.69 Å². The number of methoxy groups -OCH3 is 1. The van der Waals surface area contributed by atoms with Crippen LogP contribution >= 0.6 is 22.9 Å². The smallest absolute Gasteiger partial charge is 0.332 e. The lowest BCUT2D eigenvalue weighted by Crippen LogP contribution is -2.41. The Bertz CT molecular complexity index is 1430. The van der Waals surface area contributed by atoms with E-state index in [1.54, 1.807) is 23.6 Å². The van der Waals surface area contributed by atoms with E-state index in [9.17, 15) is 18.8 Å². The van der Waals surface area contributed by atoms with Gasteiger partial charge in [0.1, 0.15) is 22.8 Å². The second-order valence-corrected chi connectivity index (χ2v) is 8.27. The number of carbonyl (C=O) groups is 1. The van der Waals surface area contributed by atoms with E-state index in [4.69, 9.17) is 16.3 Å². The third kappa shape index (κ3) is 4.30. The molecule has 0 unspecified atom stereocenters. The van der Waals surface area contributed by atoms with Crippen LogP contribution in [-0.2, 0) is 17.9 Å². The van der Waals surface area contributed by atoms with E-state index in [0.29, 0.717) is 32.2 Å². The molecule has 7 nitrogen and oxygen atoms in total. The summed E-state index contributed by atoms with van der Waals surface area (Å²) in [5.41, 5.74) is 0.213. The predicted molar refractivity (Wildman–Crippen MR) is 122 cm³/mol. The highest BCUT2D eigenvalue weighted by Gasteiger charge is 2.17. The van der Waals surface area contributed by atoms with Crippen LogP contribution in [0.25, 0.3) is 10.2 Å². The molecule has 0 bridgehead atoms. The van der Waals surface area contributed by atoms with Gasteiger partial charge in [0.05, 0.1) is 24.9 Å². The number of ether oxygens (including phenoxy) is 1. The number of hydrogen-bond donors (Lipinski definition) is 1. The molecule has 32 heavy (non-hydrogen) atoms. The standard InChI is InChI=1S/C22H17ClFN3O4S/c1-31-18-7-4-14(23)10-16(18)25-19(28)12-26-17-8-9-32-20(17)21(29)27(22(26)30)11-13-2-5-15(24)6-3-13/h2-10H,11-12H2,1H3,(H,25,28). The first kappa shape index (κ1) is 21.8. The van der Waals surface area contributed by atoms with E-state index >= 15 is 0 Å². The average Bonchev–Trinajstić information content (AvgIpc) is 3.26. The Morgan fingerprint density at radius 1 is 1.12 bits per heavy atom. The molecular formula is C22H17ClFN3O4S. The van der Waals surface area contributed by atoms with Crippen molar-refractivity contribution in [3.05, 3.63) is 91.2 Å². The van der Waals surface area contributed by atoms with Crippen molar-refractivity contribution in [1.29, 1.82) is 0 Å². The van der Waals surface area contributed by atoms with Gasteiger partial charge in [-0.1, -0.05) is 23.7 Å². The maximum absolute atomic E-state index is 13.2. The molecule has 0 radical (unpaired) electrons. The van der Waals surface area contributed by atoms with Crippen molar-refractivity contribution in [3.63, 3.8) is 0 Å². The fourth-order valence-electron chi connectivity index (χ4n) is 3.31.